The van der Waals surface area contributed by atoms with E-state index in [4.69, 9.17) is 5.73 Å². The number of nitrogens with two attached hydrogens (primary N) is 1. The molecule has 5 heteroatoms. The van der Waals surface area contributed by atoms with E-state index in [9.17, 15) is 4.79 Å². The predicted octanol–water partition coefficient (Wildman–Crippen LogP) is 2.07. The predicted molar refractivity (Wildman–Crippen MR) is 75.7 cm³/mol. The fraction of sp³-hybridized carbons (Fsp3) is 0.538. The zero-order valence-corrected chi connectivity index (χ0v) is 11.4. The smallest absolute Gasteiger partial charge is 0.253 e. The Morgan fingerprint density at radius 1 is 1.44 bits per heavy atom. The van der Waals surface area contributed by atoms with Crippen LogP contribution in [0, 0.1) is 0 Å². The van der Waals surface area contributed by atoms with Crippen molar-refractivity contribution in [1.29, 1.82) is 0 Å². The number of aromatic nitrogens is 1. The molecule has 0 radical (unpaired) electrons. The maximum absolute atomic E-state index is 12.1. The molecule has 1 fully saturated rings. The zero-order chi connectivity index (χ0) is 13.0. The summed E-state index contributed by atoms with van der Waals surface area (Å²) in [6.45, 7) is 0. The van der Waals surface area contributed by atoms with Crippen LogP contribution in [-0.4, -0.2) is 28.4 Å². The summed E-state index contributed by atoms with van der Waals surface area (Å²) in [6, 6.07) is 1.95. The molecule has 0 atom stereocenters. The lowest BCUT2D eigenvalue weighted by atomic mass is 9.94. The van der Waals surface area contributed by atoms with Gasteiger partial charge in [-0.3, -0.25) is 9.78 Å². The summed E-state index contributed by atoms with van der Waals surface area (Å²) in [7, 11) is 0. The van der Waals surface area contributed by atoms with E-state index >= 15 is 0 Å². The first-order valence-electron chi connectivity index (χ1n) is 6.24. The highest BCUT2D eigenvalue weighted by Gasteiger charge is 2.22. The number of nitrogens with one attached hydrogen (secondary N) is 1. The minimum atomic E-state index is -0.0810. The minimum absolute atomic E-state index is 0.0810. The second-order valence-electron chi connectivity index (χ2n) is 4.65. The van der Waals surface area contributed by atoms with Gasteiger partial charge in [-0.15, -0.1) is 0 Å². The summed E-state index contributed by atoms with van der Waals surface area (Å²) in [5.41, 5.74) is 6.71. The Hall–Kier alpha value is -1.23. The Morgan fingerprint density at radius 3 is 2.78 bits per heavy atom. The van der Waals surface area contributed by atoms with E-state index in [0.29, 0.717) is 11.3 Å². The number of hydrogen-bond donors (Lipinski definition) is 2. The van der Waals surface area contributed by atoms with Crippen LogP contribution in [0.4, 0.5) is 5.69 Å². The molecule has 18 heavy (non-hydrogen) atoms. The van der Waals surface area contributed by atoms with Gasteiger partial charge in [0.2, 0.25) is 0 Å². The Morgan fingerprint density at radius 2 is 2.17 bits per heavy atom. The molecule has 1 aliphatic carbocycles. The third kappa shape index (κ3) is 3.16. The molecule has 0 spiro atoms. The average molecular weight is 265 g/mol. The molecule has 4 nitrogen and oxygen atoms in total. The molecule has 2 rings (SSSR count). The second kappa shape index (κ2) is 6.09. The van der Waals surface area contributed by atoms with Crippen LogP contribution in [0.15, 0.2) is 18.5 Å². The molecule has 1 aliphatic rings. The fourth-order valence-electron chi connectivity index (χ4n) is 2.32. The summed E-state index contributed by atoms with van der Waals surface area (Å²) in [5, 5.41) is 3.82. The van der Waals surface area contributed by atoms with Crippen molar-refractivity contribution in [2.75, 3.05) is 12.0 Å². The summed E-state index contributed by atoms with van der Waals surface area (Å²) >= 11 is 1.92. The van der Waals surface area contributed by atoms with E-state index in [1.54, 1.807) is 12.3 Å². The first-order valence-corrected chi connectivity index (χ1v) is 7.52. The second-order valence-corrected chi connectivity index (χ2v) is 5.78. The van der Waals surface area contributed by atoms with Crippen molar-refractivity contribution in [3.05, 3.63) is 24.0 Å². The van der Waals surface area contributed by atoms with Crippen LogP contribution < -0.4 is 11.1 Å². The van der Waals surface area contributed by atoms with Gasteiger partial charge in [0.25, 0.3) is 5.91 Å². The molecule has 0 bridgehead atoms. The summed E-state index contributed by atoms with van der Waals surface area (Å²) in [4.78, 5) is 15.9. The number of hydrogen-bond acceptors (Lipinski definition) is 4. The topological polar surface area (TPSA) is 68.0 Å². The largest absolute Gasteiger partial charge is 0.397 e. The lowest BCUT2D eigenvalue weighted by molar-refractivity contribution is 0.0929. The standard InChI is InChI=1S/C13H19N3OS/c1-18-10-4-2-9(3-5-10)16-13(17)11-6-7-15-8-12(11)14/h6-10H,2-5,14H2,1H3,(H,16,17). The molecular formula is C13H19N3OS. The van der Waals surface area contributed by atoms with Crippen molar-refractivity contribution in [1.82, 2.24) is 10.3 Å². The van der Waals surface area contributed by atoms with E-state index < -0.39 is 0 Å². The number of thioether (sulfide) groups is 1. The van der Waals surface area contributed by atoms with Crippen molar-refractivity contribution in [2.24, 2.45) is 0 Å². The van der Waals surface area contributed by atoms with Gasteiger partial charge < -0.3 is 11.1 Å². The summed E-state index contributed by atoms with van der Waals surface area (Å²) < 4.78 is 0. The molecule has 0 aliphatic heterocycles. The van der Waals surface area contributed by atoms with Gasteiger partial charge in [0, 0.05) is 17.5 Å². The highest BCUT2D eigenvalue weighted by atomic mass is 32.2. The first-order chi connectivity index (χ1) is 8.70. The van der Waals surface area contributed by atoms with Gasteiger partial charge in [0.1, 0.15) is 0 Å². The third-order valence-corrected chi connectivity index (χ3v) is 4.58. The summed E-state index contributed by atoms with van der Waals surface area (Å²) in [5.74, 6) is -0.0810. The maximum atomic E-state index is 12.1. The molecule has 1 aromatic rings. The molecule has 1 heterocycles. The number of carbonyl (C=O) groups is 1. The van der Waals surface area contributed by atoms with E-state index in [1.165, 1.54) is 19.0 Å². The Balaban J connectivity index is 1.91. The SMILES string of the molecule is CSC1CCC(NC(=O)c2ccncc2N)CC1. The molecule has 0 saturated heterocycles. The Kier molecular flexibility index (Phi) is 4.47. The van der Waals surface area contributed by atoms with Gasteiger partial charge in [-0.1, -0.05) is 0 Å². The number of pyridine rings is 1. The van der Waals surface area contributed by atoms with Crippen molar-refractivity contribution in [2.45, 2.75) is 37.0 Å². The van der Waals surface area contributed by atoms with Crippen LogP contribution in [0.1, 0.15) is 36.0 Å². The van der Waals surface area contributed by atoms with Crippen LogP contribution in [0.25, 0.3) is 0 Å². The quantitative estimate of drug-likeness (QED) is 0.878. The molecule has 1 aromatic heterocycles. The average Bonchev–Trinajstić information content (AvgIpc) is 2.40. The molecule has 0 unspecified atom stereocenters. The molecular weight excluding hydrogens is 246 g/mol. The fourth-order valence-corrected chi connectivity index (χ4v) is 3.06. The van der Waals surface area contributed by atoms with Crippen molar-refractivity contribution < 1.29 is 4.79 Å². The zero-order valence-electron chi connectivity index (χ0n) is 10.6. The lowest BCUT2D eigenvalue weighted by Gasteiger charge is -2.28. The van der Waals surface area contributed by atoms with E-state index in [-0.39, 0.29) is 11.9 Å². The molecule has 1 saturated carbocycles. The lowest BCUT2D eigenvalue weighted by Crippen LogP contribution is -2.38. The van der Waals surface area contributed by atoms with Gasteiger partial charge in [-0.05, 0) is 38.0 Å². The van der Waals surface area contributed by atoms with Crippen molar-refractivity contribution >= 4 is 23.4 Å². The highest BCUT2D eigenvalue weighted by molar-refractivity contribution is 7.99. The van der Waals surface area contributed by atoms with Crippen LogP contribution in [0.3, 0.4) is 0 Å². The molecule has 3 N–H and O–H groups in total. The number of amides is 1. The molecule has 98 valence electrons. The van der Waals surface area contributed by atoms with Crippen LogP contribution in [-0.2, 0) is 0 Å². The van der Waals surface area contributed by atoms with E-state index in [0.717, 1.165) is 18.1 Å². The van der Waals surface area contributed by atoms with Gasteiger partial charge in [0.15, 0.2) is 0 Å². The number of anilines is 1. The van der Waals surface area contributed by atoms with Gasteiger partial charge >= 0.3 is 0 Å². The molecule has 1 amide bonds. The summed E-state index contributed by atoms with van der Waals surface area (Å²) in [6.07, 6.45) is 9.73. The van der Waals surface area contributed by atoms with Crippen LogP contribution >= 0.6 is 11.8 Å². The van der Waals surface area contributed by atoms with Gasteiger partial charge in [-0.2, -0.15) is 11.8 Å². The number of carbonyl (C=O) groups excluding carboxylic acids is 1. The number of rotatable bonds is 3. The monoisotopic (exact) mass is 265 g/mol. The van der Waals surface area contributed by atoms with Gasteiger partial charge in [-0.25, -0.2) is 0 Å². The van der Waals surface area contributed by atoms with Crippen molar-refractivity contribution in [3.63, 3.8) is 0 Å². The minimum Gasteiger partial charge on any atom is -0.397 e. The normalized spacial score (nSPS) is 23.6. The Bertz CT molecular complexity index is 416. The first kappa shape index (κ1) is 13.2. The van der Waals surface area contributed by atoms with E-state index in [2.05, 4.69) is 16.6 Å². The third-order valence-electron chi connectivity index (χ3n) is 3.44. The number of nitrogen functional groups attached to an aromatic ring is 1. The van der Waals surface area contributed by atoms with Crippen LogP contribution in [0.5, 0.6) is 0 Å². The van der Waals surface area contributed by atoms with Crippen LogP contribution in [0.2, 0.25) is 0 Å². The maximum Gasteiger partial charge on any atom is 0.253 e. The number of nitrogens with zero attached hydrogens (tertiary/aromatic N) is 1. The highest BCUT2D eigenvalue weighted by Crippen LogP contribution is 2.27. The van der Waals surface area contributed by atoms with Gasteiger partial charge in [0.05, 0.1) is 17.4 Å². The van der Waals surface area contributed by atoms with E-state index in [1.807, 2.05) is 11.8 Å². The Labute approximate surface area is 112 Å². The molecule has 0 aromatic carbocycles. The van der Waals surface area contributed by atoms with Crippen molar-refractivity contribution in [3.8, 4) is 0 Å².